The molecule has 2 aromatic carbocycles. The topological polar surface area (TPSA) is 85.3 Å². The first-order valence-corrected chi connectivity index (χ1v) is 8.86. The van der Waals surface area contributed by atoms with E-state index < -0.39 is 12.0 Å². The van der Waals surface area contributed by atoms with Gasteiger partial charge in [-0.15, -0.1) is 0 Å². The Balaban J connectivity index is 1.88. The molecule has 1 aliphatic heterocycles. The summed E-state index contributed by atoms with van der Waals surface area (Å²) in [5, 5.41) is 9.63. The third-order valence-corrected chi connectivity index (χ3v) is 4.93. The van der Waals surface area contributed by atoms with Crippen molar-refractivity contribution in [3.8, 4) is 17.2 Å². The lowest BCUT2D eigenvalue weighted by Crippen LogP contribution is -2.49. The minimum absolute atomic E-state index is 0.0304. The molecule has 7 heteroatoms. The van der Waals surface area contributed by atoms with Gasteiger partial charge in [0.2, 0.25) is 11.7 Å². The number of nitrogens with zero attached hydrogens (tertiary/aromatic N) is 1. The van der Waals surface area contributed by atoms with Crippen molar-refractivity contribution in [1.82, 2.24) is 4.90 Å². The monoisotopic (exact) mass is 385 g/mol. The molecule has 1 atom stereocenters. The summed E-state index contributed by atoms with van der Waals surface area (Å²) < 4.78 is 16.0. The number of methoxy groups -OCH3 is 3. The van der Waals surface area contributed by atoms with Gasteiger partial charge in [-0.2, -0.15) is 0 Å². The van der Waals surface area contributed by atoms with Crippen molar-refractivity contribution in [2.45, 2.75) is 25.4 Å². The van der Waals surface area contributed by atoms with E-state index in [1.807, 2.05) is 24.3 Å². The fraction of sp³-hybridized carbons (Fsp3) is 0.333. The summed E-state index contributed by atoms with van der Waals surface area (Å²) in [4.78, 5) is 26.2. The average Bonchev–Trinajstić information content (AvgIpc) is 2.71. The van der Waals surface area contributed by atoms with Gasteiger partial charge in [0.1, 0.15) is 6.04 Å². The second-order valence-corrected chi connectivity index (χ2v) is 6.56. The standard InChI is InChI=1S/C21H23NO6/c1-26-17-8-13(9-18(27-2)20(17)28-3)10-19(23)22-12-15-7-5-4-6-14(15)11-16(22)21(24)25/h4-9,16H,10-12H2,1-3H3,(H,24,25). The molecule has 0 aliphatic carbocycles. The van der Waals surface area contributed by atoms with Crippen LogP contribution in [0.15, 0.2) is 36.4 Å². The van der Waals surface area contributed by atoms with E-state index in [1.54, 1.807) is 12.1 Å². The molecule has 1 unspecified atom stereocenters. The van der Waals surface area contributed by atoms with Crippen molar-refractivity contribution in [3.05, 3.63) is 53.1 Å². The number of carboxylic acids is 1. The van der Waals surface area contributed by atoms with Crippen molar-refractivity contribution >= 4 is 11.9 Å². The number of amides is 1. The lowest BCUT2D eigenvalue weighted by molar-refractivity contribution is -0.151. The molecule has 1 heterocycles. The predicted octanol–water partition coefficient (Wildman–Crippen LogP) is 2.29. The highest BCUT2D eigenvalue weighted by Crippen LogP contribution is 2.38. The molecule has 0 saturated heterocycles. The van der Waals surface area contributed by atoms with Crippen LogP contribution >= 0.6 is 0 Å². The molecule has 0 radical (unpaired) electrons. The Morgan fingerprint density at radius 2 is 1.64 bits per heavy atom. The first kappa shape index (κ1) is 19.5. The minimum Gasteiger partial charge on any atom is -0.493 e. The van der Waals surface area contributed by atoms with E-state index in [1.165, 1.54) is 26.2 Å². The van der Waals surface area contributed by atoms with Gasteiger partial charge in [0.25, 0.3) is 0 Å². The predicted molar refractivity (Wildman–Crippen MR) is 102 cm³/mol. The number of hydrogen-bond donors (Lipinski definition) is 1. The van der Waals surface area contributed by atoms with E-state index >= 15 is 0 Å². The quantitative estimate of drug-likeness (QED) is 0.821. The second kappa shape index (κ2) is 8.21. The van der Waals surface area contributed by atoms with E-state index in [-0.39, 0.29) is 18.9 Å². The first-order chi connectivity index (χ1) is 13.5. The third kappa shape index (κ3) is 3.74. The SMILES string of the molecule is COc1cc(CC(=O)N2Cc3ccccc3CC2C(=O)O)cc(OC)c1OC. The van der Waals surface area contributed by atoms with E-state index in [0.717, 1.165) is 11.1 Å². The molecule has 1 N–H and O–H groups in total. The summed E-state index contributed by atoms with van der Waals surface area (Å²) in [5.41, 5.74) is 2.59. The highest BCUT2D eigenvalue weighted by molar-refractivity contribution is 5.86. The van der Waals surface area contributed by atoms with Gasteiger partial charge in [0.05, 0.1) is 27.8 Å². The van der Waals surface area contributed by atoms with Crippen LogP contribution < -0.4 is 14.2 Å². The van der Waals surface area contributed by atoms with Crippen LogP contribution in [0.4, 0.5) is 0 Å². The number of aliphatic carboxylic acids is 1. The highest BCUT2D eigenvalue weighted by Gasteiger charge is 2.34. The van der Waals surface area contributed by atoms with Crippen LogP contribution in [0.25, 0.3) is 0 Å². The van der Waals surface area contributed by atoms with Gasteiger partial charge in [-0.3, -0.25) is 4.79 Å². The van der Waals surface area contributed by atoms with Crippen LogP contribution in [-0.2, 0) is 29.0 Å². The van der Waals surface area contributed by atoms with Gasteiger partial charge in [-0.05, 0) is 28.8 Å². The smallest absolute Gasteiger partial charge is 0.326 e. The molecule has 0 saturated carbocycles. The van der Waals surface area contributed by atoms with E-state index in [9.17, 15) is 14.7 Å². The van der Waals surface area contributed by atoms with Gasteiger partial charge in [-0.1, -0.05) is 24.3 Å². The zero-order valence-electron chi connectivity index (χ0n) is 16.1. The fourth-order valence-corrected chi connectivity index (χ4v) is 3.52. The summed E-state index contributed by atoms with van der Waals surface area (Å²) in [7, 11) is 4.52. The zero-order valence-corrected chi connectivity index (χ0v) is 16.1. The Labute approximate surface area is 163 Å². The Morgan fingerprint density at radius 1 is 1.04 bits per heavy atom. The first-order valence-electron chi connectivity index (χ1n) is 8.86. The lowest BCUT2D eigenvalue weighted by Gasteiger charge is -2.34. The normalized spacial score (nSPS) is 15.5. The molecule has 2 aromatic rings. The van der Waals surface area contributed by atoms with Crippen LogP contribution in [0.5, 0.6) is 17.2 Å². The van der Waals surface area contributed by atoms with Crippen molar-refractivity contribution in [2.75, 3.05) is 21.3 Å². The summed E-state index contributed by atoms with van der Waals surface area (Å²) in [6, 6.07) is 10.1. The second-order valence-electron chi connectivity index (χ2n) is 6.56. The summed E-state index contributed by atoms with van der Waals surface area (Å²) in [6.07, 6.45) is 0.329. The van der Waals surface area contributed by atoms with Crippen molar-refractivity contribution in [2.24, 2.45) is 0 Å². The molecule has 0 fully saturated rings. The number of ether oxygens (including phenoxy) is 3. The Morgan fingerprint density at radius 3 is 2.18 bits per heavy atom. The molecule has 3 rings (SSSR count). The summed E-state index contributed by atoms with van der Waals surface area (Å²) in [5.74, 6) is 0.0623. The molecule has 148 valence electrons. The molecule has 1 amide bonds. The number of carboxylic acid groups (broad SMARTS) is 1. The zero-order chi connectivity index (χ0) is 20.3. The van der Waals surface area contributed by atoms with Crippen LogP contribution in [0.2, 0.25) is 0 Å². The third-order valence-electron chi connectivity index (χ3n) is 4.93. The Bertz CT molecular complexity index is 869. The highest BCUT2D eigenvalue weighted by atomic mass is 16.5. The van der Waals surface area contributed by atoms with Crippen molar-refractivity contribution in [1.29, 1.82) is 0 Å². The molecule has 0 spiro atoms. The number of rotatable bonds is 6. The van der Waals surface area contributed by atoms with Crippen LogP contribution in [0.3, 0.4) is 0 Å². The summed E-state index contributed by atoms with van der Waals surface area (Å²) >= 11 is 0. The van der Waals surface area contributed by atoms with Gasteiger partial charge in [0.15, 0.2) is 11.5 Å². The number of fused-ring (bicyclic) bond motifs is 1. The number of hydrogen-bond acceptors (Lipinski definition) is 5. The van der Waals surface area contributed by atoms with Crippen LogP contribution in [-0.4, -0.2) is 49.3 Å². The van der Waals surface area contributed by atoms with Gasteiger partial charge >= 0.3 is 5.97 Å². The van der Waals surface area contributed by atoms with Crippen molar-refractivity contribution < 1.29 is 28.9 Å². The number of carbonyl (C=O) groups is 2. The van der Waals surface area contributed by atoms with E-state index in [2.05, 4.69) is 0 Å². The molecule has 7 nitrogen and oxygen atoms in total. The molecule has 0 bridgehead atoms. The molecule has 28 heavy (non-hydrogen) atoms. The Kier molecular flexibility index (Phi) is 5.73. The number of carbonyl (C=O) groups excluding carboxylic acids is 1. The number of benzene rings is 2. The van der Waals surface area contributed by atoms with E-state index in [0.29, 0.717) is 29.2 Å². The van der Waals surface area contributed by atoms with Crippen molar-refractivity contribution in [3.63, 3.8) is 0 Å². The molecule has 0 aromatic heterocycles. The molecular formula is C21H23NO6. The lowest BCUT2D eigenvalue weighted by atomic mass is 9.93. The van der Waals surface area contributed by atoms with Gasteiger partial charge < -0.3 is 24.2 Å². The largest absolute Gasteiger partial charge is 0.493 e. The Hall–Kier alpha value is -3.22. The molecule has 1 aliphatic rings. The van der Waals surface area contributed by atoms with E-state index in [4.69, 9.17) is 14.2 Å². The average molecular weight is 385 g/mol. The maximum absolute atomic E-state index is 13.0. The van der Waals surface area contributed by atoms with Gasteiger partial charge in [-0.25, -0.2) is 4.79 Å². The van der Waals surface area contributed by atoms with Crippen LogP contribution in [0.1, 0.15) is 16.7 Å². The summed E-state index contributed by atoms with van der Waals surface area (Å²) in [6.45, 7) is 0.274. The van der Waals surface area contributed by atoms with Gasteiger partial charge in [0, 0.05) is 13.0 Å². The minimum atomic E-state index is -1.01. The fourth-order valence-electron chi connectivity index (χ4n) is 3.52. The van der Waals surface area contributed by atoms with Crippen LogP contribution in [0, 0.1) is 0 Å². The molecular weight excluding hydrogens is 362 g/mol. The maximum Gasteiger partial charge on any atom is 0.326 e. The maximum atomic E-state index is 13.0.